The lowest BCUT2D eigenvalue weighted by molar-refractivity contribution is -0.172. The van der Waals surface area contributed by atoms with Crippen molar-refractivity contribution in [3.8, 4) is 0 Å². The molecule has 0 unspecified atom stereocenters. The second kappa shape index (κ2) is 5.88. The molecule has 0 aliphatic rings. The number of carbonyl (C=O) groups is 1. The minimum atomic E-state index is -4.16. The fourth-order valence-electron chi connectivity index (χ4n) is 0.949. The molecule has 0 aromatic rings. The second-order valence-corrected chi connectivity index (χ2v) is 3.14. The van der Waals surface area contributed by atoms with E-state index in [4.69, 9.17) is 0 Å². The van der Waals surface area contributed by atoms with E-state index in [0.717, 1.165) is 6.92 Å². The Bertz CT molecular complexity index is 177. The van der Waals surface area contributed by atoms with E-state index >= 15 is 0 Å². The first kappa shape index (κ1) is 13.3. The highest BCUT2D eigenvalue weighted by Gasteiger charge is 2.35. The lowest BCUT2D eigenvalue weighted by atomic mass is 10.0. The highest BCUT2D eigenvalue weighted by molar-refractivity contribution is 5.69. The fourth-order valence-corrected chi connectivity index (χ4v) is 0.949. The van der Waals surface area contributed by atoms with Crippen molar-refractivity contribution in [2.24, 2.45) is 5.92 Å². The molecule has 0 fully saturated rings. The van der Waals surface area contributed by atoms with Gasteiger partial charge in [-0.25, -0.2) is 0 Å². The summed E-state index contributed by atoms with van der Waals surface area (Å²) in [7, 11) is 0. The Morgan fingerprint density at radius 2 is 2.00 bits per heavy atom. The van der Waals surface area contributed by atoms with E-state index in [0.29, 0.717) is 0 Å². The molecule has 0 radical (unpaired) electrons. The van der Waals surface area contributed by atoms with Gasteiger partial charge in [0.25, 0.3) is 0 Å². The van der Waals surface area contributed by atoms with Gasteiger partial charge in [0.2, 0.25) is 0 Å². The van der Waals surface area contributed by atoms with Gasteiger partial charge in [-0.3, -0.25) is 4.79 Å². The number of carbonyl (C=O) groups excluding carboxylic acids is 1. The van der Waals surface area contributed by atoms with E-state index < -0.39 is 18.1 Å². The van der Waals surface area contributed by atoms with Gasteiger partial charge in [0.15, 0.2) is 0 Å². The first-order valence-electron chi connectivity index (χ1n) is 4.60. The van der Waals surface area contributed by atoms with Crippen molar-refractivity contribution in [3.63, 3.8) is 0 Å². The predicted octanol–water partition coefficient (Wildman–Crippen LogP) is 2.92. The van der Waals surface area contributed by atoms with E-state index in [1.54, 1.807) is 6.92 Å². The monoisotopic (exact) mass is 212 g/mol. The third kappa shape index (κ3) is 5.83. The maximum atomic E-state index is 12.0. The van der Waals surface area contributed by atoms with Crippen LogP contribution >= 0.6 is 0 Å². The zero-order chi connectivity index (χ0) is 11.2. The van der Waals surface area contributed by atoms with E-state index in [9.17, 15) is 18.0 Å². The van der Waals surface area contributed by atoms with Crippen molar-refractivity contribution in [2.75, 3.05) is 6.61 Å². The third-order valence-corrected chi connectivity index (χ3v) is 1.88. The molecule has 0 aromatic carbocycles. The van der Waals surface area contributed by atoms with Crippen molar-refractivity contribution in [2.45, 2.75) is 39.3 Å². The highest BCUT2D eigenvalue weighted by Crippen LogP contribution is 2.29. The van der Waals surface area contributed by atoms with Crippen molar-refractivity contribution in [1.82, 2.24) is 0 Å². The van der Waals surface area contributed by atoms with Gasteiger partial charge in [-0.2, -0.15) is 13.2 Å². The van der Waals surface area contributed by atoms with Gasteiger partial charge in [0, 0.05) is 6.42 Å². The summed E-state index contributed by atoms with van der Waals surface area (Å²) in [5.74, 6) is -1.78. The topological polar surface area (TPSA) is 26.3 Å². The molecule has 0 saturated heterocycles. The normalized spacial score (nSPS) is 13.8. The number of halogens is 3. The lowest BCUT2D eigenvalue weighted by Crippen LogP contribution is -2.19. The van der Waals surface area contributed by atoms with Crippen LogP contribution in [-0.4, -0.2) is 18.8 Å². The van der Waals surface area contributed by atoms with Crippen molar-refractivity contribution < 1.29 is 22.7 Å². The van der Waals surface area contributed by atoms with Gasteiger partial charge < -0.3 is 4.74 Å². The third-order valence-electron chi connectivity index (χ3n) is 1.88. The van der Waals surface area contributed by atoms with Gasteiger partial charge in [-0.05, 0) is 19.8 Å². The summed E-state index contributed by atoms with van der Waals surface area (Å²) < 4.78 is 40.6. The first-order chi connectivity index (χ1) is 6.38. The highest BCUT2D eigenvalue weighted by atomic mass is 19.4. The largest absolute Gasteiger partial charge is 0.466 e. The maximum absolute atomic E-state index is 12.0. The molecule has 0 bridgehead atoms. The smallest absolute Gasteiger partial charge is 0.391 e. The van der Waals surface area contributed by atoms with E-state index in [2.05, 4.69) is 4.74 Å². The molecule has 2 nitrogen and oxygen atoms in total. The molecule has 0 spiro atoms. The standard InChI is InChI=1S/C9H15F3O2/c1-3-14-8(13)6-4-5-7(2)9(10,11)12/h7H,3-6H2,1-2H3/t7-/m1/s1. The number of ether oxygens (including phenoxy) is 1. The summed E-state index contributed by atoms with van der Waals surface area (Å²) in [4.78, 5) is 10.8. The summed E-state index contributed by atoms with van der Waals surface area (Å²) in [6.07, 6.45) is -3.90. The lowest BCUT2D eigenvalue weighted by Gasteiger charge is -2.14. The Morgan fingerprint density at radius 1 is 1.43 bits per heavy atom. The number of hydrogen-bond donors (Lipinski definition) is 0. The number of rotatable bonds is 5. The molecule has 0 rings (SSSR count). The number of hydrogen-bond acceptors (Lipinski definition) is 2. The number of alkyl halides is 3. The van der Waals surface area contributed by atoms with Crippen LogP contribution in [0.3, 0.4) is 0 Å². The van der Waals surface area contributed by atoms with Crippen LogP contribution in [0.1, 0.15) is 33.1 Å². The van der Waals surface area contributed by atoms with E-state index in [1.165, 1.54) is 0 Å². The molecule has 14 heavy (non-hydrogen) atoms. The van der Waals surface area contributed by atoms with Crippen molar-refractivity contribution in [1.29, 1.82) is 0 Å². The van der Waals surface area contributed by atoms with Crippen LogP contribution in [0.5, 0.6) is 0 Å². The van der Waals surface area contributed by atoms with Gasteiger partial charge in [0.1, 0.15) is 0 Å². The van der Waals surface area contributed by atoms with Crippen LogP contribution in [0.2, 0.25) is 0 Å². The quantitative estimate of drug-likeness (QED) is 0.655. The maximum Gasteiger partial charge on any atom is 0.391 e. The van der Waals surface area contributed by atoms with Crippen LogP contribution in [-0.2, 0) is 9.53 Å². The van der Waals surface area contributed by atoms with Crippen LogP contribution in [0, 0.1) is 5.92 Å². The second-order valence-electron chi connectivity index (χ2n) is 3.14. The zero-order valence-electron chi connectivity index (χ0n) is 8.36. The van der Waals surface area contributed by atoms with Crippen molar-refractivity contribution in [3.05, 3.63) is 0 Å². The van der Waals surface area contributed by atoms with Gasteiger partial charge in [-0.15, -0.1) is 0 Å². The Kier molecular flexibility index (Phi) is 5.57. The van der Waals surface area contributed by atoms with Crippen molar-refractivity contribution >= 4 is 5.97 Å². The van der Waals surface area contributed by atoms with Gasteiger partial charge in [0.05, 0.1) is 12.5 Å². The molecule has 0 amide bonds. The van der Waals surface area contributed by atoms with E-state index in [1.807, 2.05) is 0 Å². The Balaban J connectivity index is 3.59. The summed E-state index contributed by atoms with van der Waals surface area (Å²) in [6, 6.07) is 0. The summed E-state index contributed by atoms with van der Waals surface area (Å²) in [5, 5.41) is 0. The van der Waals surface area contributed by atoms with Crippen LogP contribution in [0.15, 0.2) is 0 Å². The van der Waals surface area contributed by atoms with Gasteiger partial charge >= 0.3 is 12.1 Å². The first-order valence-corrected chi connectivity index (χ1v) is 4.60. The summed E-state index contributed by atoms with van der Waals surface area (Å²) in [6.45, 7) is 3.05. The molecular weight excluding hydrogens is 197 g/mol. The van der Waals surface area contributed by atoms with Crippen LogP contribution < -0.4 is 0 Å². The zero-order valence-corrected chi connectivity index (χ0v) is 8.36. The average Bonchev–Trinajstić information content (AvgIpc) is 2.02. The molecule has 1 atom stereocenters. The number of esters is 1. The SMILES string of the molecule is CCOC(=O)CCC[C@@H](C)C(F)(F)F. The van der Waals surface area contributed by atoms with Gasteiger partial charge in [-0.1, -0.05) is 6.92 Å². The predicted molar refractivity (Wildman–Crippen MR) is 45.7 cm³/mol. The minimum Gasteiger partial charge on any atom is -0.466 e. The summed E-state index contributed by atoms with van der Waals surface area (Å²) >= 11 is 0. The minimum absolute atomic E-state index is 0.0255. The molecule has 5 heteroatoms. The Labute approximate surface area is 81.4 Å². The van der Waals surface area contributed by atoms with Crippen LogP contribution in [0.25, 0.3) is 0 Å². The van der Waals surface area contributed by atoms with E-state index in [-0.39, 0.29) is 25.9 Å². The molecular formula is C9H15F3O2. The average molecular weight is 212 g/mol. The molecule has 0 saturated carbocycles. The molecule has 0 aliphatic heterocycles. The molecule has 0 heterocycles. The fraction of sp³-hybridized carbons (Fsp3) is 0.889. The molecule has 84 valence electrons. The molecule has 0 aliphatic carbocycles. The summed E-state index contributed by atoms with van der Waals surface area (Å²) in [5.41, 5.74) is 0. The molecule has 0 aromatic heterocycles. The Hall–Kier alpha value is -0.740. The molecule has 0 N–H and O–H groups in total. The van der Waals surface area contributed by atoms with Crippen LogP contribution in [0.4, 0.5) is 13.2 Å². The Morgan fingerprint density at radius 3 is 2.43 bits per heavy atom.